The van der Waals surface area contributed by atoms with Gasteiger partial charge in [0.05, 0.1) is 0 Å². The third-order valence-electron chi connectivity index (χ3n) is 4.43. The summed E-state index contributed by atoms with van der Waals surface area (Å²) in [6.07, 6.45) is 6.33. The highest BCUT2D eigenvalue weighted by molar-refractivity contribution is 5.94. The molecule has 0 spiro atoms. The maximum atomic E-state index is 11.7. The van der Waals surface area contributed by atoms with Crippen molar-refractivity contribution in [3.8, 4) is 0 Å². The lowest BCUT2D eigenvalue weighted by atomic mass is 9.98. The van der Waals surface area contributed by atoms with Gasteiger partial charge in [0.25, 0.3) is 0 Å². The van der Waals surface area contributed by atoms with Crippen molar-refractivity contribution in [3.05, 3.63) is 24.3 Å². The first-order valence-corrected chi connectivity index (χ1v) is 7.87. The lowest BCUT2D eigenvalue weighted by Gasteiger charge is -2.20. The molecule has 7 nitrogen and oxygen atoms in total. The molecular weight excluding hydrogens is 316 g/mol. The fourth-order valence-electron chi connectivity index (χ4n) is 3.49. The van der Waals surface area contributed by atoms with E-state index in [0.29, 0.717) is 12.8 Å². The van der Waals surface area contributed by atoms with E-state index in [1.807, 2.05) is 0 Å². The van der Waals surface area contributed by atoms with Crippen molar-refractivity contribution >= 4 is 23.7 Å². The van der Waals surface area contributed by atoms with Gasteiger partial charge in [-0.1, -0.05) is 0 Å². The van der Waals surface area contributed by atoms with Crippen molar-refractivity contribution in [2.45, 2.75) is 44.8 Å². The van der Waals surface area contributed by atoms with Crippen LogP contribution in [-0.4, -0.2) is 41.0 Å². The van der Waals surface area contributed by atoms with Gasteiger partial charge in [-0.05, 0) is 38.7 Å². The zero-order valence-corrected chi connectivity index (χ0v) is 13.3. The van der Waals surface area contributed by atoms with Crippen molar-refractivity contribution in [1.29, 1.82) is 0 Å². The molecule has 0 unspecified atom stereocenters. The number of carbonyl (C=O) groups excluding carboxylic acids is 3. The summed E-state index contributed by atoms with van der Waals surface area (Å²) in [5, 5.41) is 8.50. The second kappa shape index (κ2) is 7.90. The molecule has 0 aromatic heterocycles. The summed E-state index contributed by atoms with van der Waals surface area (Å²) in [5.74, 6) is -2.41. The maximum absolute atomic E-state index is 11.7. The molecule has 2 saturated carbocycles. The van der Waals surface area contributed by atoms with Crippen LogP contribution in [0.1, 0.15) is 32.6 Å². The number of allylic oxidation sites excluding steroid dienone is 1. The number of ketones is 1. The predicted octanol–water partition coefficient (Wildman–Crippen LogP) is 1.42. The number of esters is 2. The fourth-order valence-corrected chi connectivity index (χ4v) is 3.49. The van der Waals surface area contributed by atoms with E-state index in [2.05, 4.69) is 0 Å². The van der Waals surface area contributed by atoms with Gasteiger partial charge < -0.3 is 14.6 Å². The summed E-state index contributed by atoms with van der Waals surface area (Å²) < 4.78 is 10.7. The molecule has 130 valence electrons. The molecule has 0 aliphatic heterocycles. The number of fused-ring (bicyclic) bond motifs is 1. The normalized spacial score (nSPS) is 28.9. The highest BCUT2D eigenvalue weighted by Crippen LogP contribution is 2.46. The van der Waals surface area contributed by atoms with Crippen LogP contribution in [0.5, 0.6) is 0 Å². The van der Waals surface area contributed by atoms with Gasteiger partial charge in [-0.3, -0.25) is 4.79 Å². The Morgan fingerprint density at radius 2 is 1.25 bits per heavy atom. The van der Waals surface area contributed by atoms with E-state index >= 15 is 0 Å². The molecule has 0 aromatic carbocycles. The van der Waals surface area contributed by atoms with E-state index in [1.54, 1.807) is 0 Å². The number of hydrogen-bond acceptors (Lipinski definition) is 6. The predicted molar refractivity (Wildman–Crippen MR) is 81.8 cm³/mol. The van der Waals surface area contributed by atoms with Crippen LogP contribution in [-0.2, 0) is 28.7 Å². The average molecular weight is 336 g/mol. The quantitative estimate of drug-likeness (QED) is 0.577. The summed E-state index contributed by atoms with van der Waals surface area (Å²) in [6, 6.07) is 0. The van der Waals surface area contributed by atoms with Crippen LogP contribution in [0.15, 0.2) is 24.3 Å². The number of carbonyl (C=O) groups is 4. The Morgan fingerprint density at radius 3 is 1.67 bits per heavy atom. The molecule has 0 amide bonds. The maximum Gasteiger partial charge on any atom is 0.331 e. The first-order chi connectivity index (χ1) is 11.4. The second-order valence-electron chi connectivity index (χ2n) is 6.05. The molecule has 0 heterocycles. The molecule has 1 N–H and O–H groups in total. The zero-order chi connectivity index (χ0) is 17.7. The number of aliphatic carboxylic acids is 1. The Balaban J connectivity index is 1.87. The van der Waals surface area contributed by atoms with Crippen LogP contribution in [0.25, 0.3) is 0 Å². The summed E-state index contributed by atoms with van der Waals surface area (Å²) in [4.78, 5) is 44.5. The van der Waals surface area contributed by atoms with Crippen molar-refractivity contribution in [2.24, 2.45) is 11.8 Å². The van der Waals surface area contributed by atoms with Crippen LogP contribution in [0.2, 0.25) is 0 Å². The van der Waals surface area contributed by atoms with Crippen molar-refractivity contribution in [2.75, 3.05) is 0 Å². The van der Waals surface area contributed by atoms with E-state index in [9.17, 15) is 19.2 Å². The lowest BCUT2D eigenvalue weighted by Crippen LogP contribution is -2.25. The number of hydrogen-bond donors (Lipinski definition) is 1. The van der Waals surface area contributed by atoms with Crippen LogP contribution >= 0.6 is 0 Å². The minimum Gasteiger partial charge on any atom is -0.478 e. The largest absolute Gasteiger partial charge is 0.478 e. The van der Waals surface area contributed by atoms with Gasteiger partial charge in [-0.25, -0.2) is 14.4 Å². The topological polar surface area (TPSA) is 107 Å². The number of ether oxygens (including phenoxy) is 2. The molecule has 0 aromatic rings. The third-order valence-corrected chi connectivity index (χ3v) is 4.43. The van der Waals surface area contributed by atoms with Crippen molar-refractivity contribution in [1.82, 2.24) is 0 Å². The third kappa shape index (κ3) is 4.78. The highest BCUT2D eigenvalue weighted by atomic mass is 16.6. The van der Waals surface area contributed by atoms with Crippen LogP contribution in [0.4, 0.5) is 0 Å². The Kier molecular flexibility index (Phi) is 5.89. The molecule has 0 bridgehead atoms. The molecule has 2 aliphatic carbocycles. The standard InChI is InChI=1S/C17H20O7/c1-10(18)2-8-16(21)23-13-5-3-12-11(13)4-6-14(12)24-17(22)9-7-15(19)20/h2,7-9,11-14H,3-6H2,1H3,(H,19,20)/b8-2+,9-7+/t11-,12-,13-,14-/m0/s1. The Labute approximate surface area is 139 Å². The van der Waals surface area contributed by atoms with Gasteiger partial charge >= 0.3 is 17.9 Å². The molecule has 7 heteroatoms. The number of carboxylic acid groups (broad SMARTS) is 1. The van der Waals surface area contributed by atoms with Gasteiger partial charge in [-0.15, -0.1) is 0 Å². The monoisotopic (exact) mass is 336 g/mol. The molecule has 24 heavy (non-hydrogen) atoms. The number of rotatable bonds is 6. The van der Waals surface area contributed by atoms with Gasteiger partial charge in [0.2, 0.25) is 0 Å². The SMILES string of the molecule is CC(=O)/C=C/C(=O)O[C@H]1CC[C@H]2[C@@H]1CC[C@@H]2OC(=O)/C=C/C(=O)O. The van der Waals surface area contributed by atoms with Gasteiger partial charge in [0.1, 0.15) is 12.2 Å². The summed E-state index contributed by atoms with van der Waals surface area (Å²) in [6.45, 7) is 1.35. The Bertz CT molecular complexity index is 538. The summed E-state index contributed by atoms with van der Waals surface area (Å²) in [7, 11) is 0. The zero-order valence-electron chi connectivity index (χ0n) is 13.3. The van der Waals surface area contributed by atoms with Gasteiger partial charge in [-0.2, -0.15) is 0 Å². The van der Waals surface area contributed by atoms with Crippen molar-refractivity contribution in [3.63, 3.8) is 0 Å². The minimum atomic E-state index is -1.21. The first kappa shape index (κ1) is 17.9. The van der Waals surface area contributed by atoms with E-state index < -0.39 is 17.9 Å². The van der Waals surface area contributed by atoms with Crippen LogP contribution in [0.3, 0.4) is 0 Å². The van der Waals surface area contributed by atoms with E-state index in [0.717, 1.165) is 31.1 Å². The summed E-state index contributed by atoms with van der Waals surface area (Å²) >= 11 is 0. The fraction of sp³-hybridized carbons (Fsp3) is 0.529. The van der Waals surface area contributed by atoms with Crippen LogP contribution < -0.4 is 0 Å². The molecule has 0 radical (unpaired) electrons. The first-order valence-electron chi connectivity index (χ1n) is 7.87. The lowest BCUT2D eigenvalue weighted by molar-refractivity contribution is -0.147. The smallest absolute Gasteiger partial charge is 0.331 e. The number of carboxylic acids is 1. The molecule has 2 fully saturated rings. The minimum absolute atomic E-state index is 0.113. The van der Waals surface area contributed by atoms with Gasteiger partial charge in [0.15, 0.2) is 5.78 Å². The molecule has 4 atom stereocenters. The Hall–Kier alpha value is -2.44. The highest BCUT2D eigenvalue weighted by Gasteiger charge is 2.47. The van der Waals surface area contributed by atoms with Crippen LogP contribution in [0, 0.1) is 11.8 Å². The summed E-state index contributed by atoms with van der Waals surface area (Å²) in [5.41, 5.74) is 0. The Morgan fingerprint density at radius 1 is 0.792 bits per heavy atom. The van der Waals surface area contributed by atoms with E-state index in [4.69, 9.17) is 14.6 Å². The molecular formula is C17H20O7. The van der Waals surface area contributed by atoms with Gasteiger partial charge in [0, 0.05) is 30.1 Å². The average Bonchev–Trinajstić information content (AvgIpc) is 3.07. The molecule has 2 aliphatic rings. The van der Waals surface area contributed by atoms with E-state index in [1.165, 1.54) is 13.0 Å². The second-order valence-corrected chi connectivity index (χ2v) is 6.05. The van der Waals surface area contributed by atoms with E-state index in [-0.39, 0.29) is 29.8 Å². The molecule has 0 saturated heterocycles. The molecule has 2 rings (SSSR count). The van der Waals surface area contributed by atoms with Crippen molar-refractivity contribution < 1.29 is 33.8 Å².